The van der Waals surface area contributed by atoms with Crippen molar-refractivity contribution in [2.45, 2.75) is 18.9 Å². The summed E-state index contributed by atoms with van der Waals surface area (Å²) in [6, 6.07) is 2.34. The molecule has 42 valence electrons. The Labute approximate surface area is 49.5 Å². The Kier molecular flexibility index (Phi) is 0.550. The minimum absolute atomic E-state index is 0.377. The molecule has 0 aromatic carbocycles. The summed E-state index contributed by atoms with van der Waals surface area (Å²) in [6.07, 6.45) is 4.73. The Morgan fingerprint density at radius 3 is 3.12 bits per heavy atom. The molecule has 1 fully saturated rings. The molecule has 2 rings (SSSR count). The molecule has 1 heterocycles. The normalized spacial score (nSPS) is 20.8. The van der Waals surface area contributed by atoms with Crippen LogP contribution in [0.25, 0.3) is 0 Å². The third-order valence-corrected chi connectivity index (χ3v) is 1.40. The second kappa shape index (κ2) is 1.34. The summed E-state index contributed by atoms with van der Waals surface area (Å²) >= 11 is 0. The standard InChI is InChI=1S/C6H8N2/c1-4-7-8(5-1)6-2-3-6/h1,4-6H,2-3H2/i4D. The van der Waals surface area contributed by atoms with Crippen molar-refractivity contribution < 1.29 is 1.37 Å². The van der Waals surface area contributed by atoms with Gasteiger partial charge in [0, 0.05) is 12.4 Å². The number of nitrogens with zero attached hydrogens (tertiary/aromatic N) is 2. The fraction of sp³-hybridized carbons (Fsp3) is 0.500. The summed E-state index contributed by atoms with van der Waals surface area (Å²) in [5.74, 6) is 0. The third kappa shape index (κ3) is 0.529. The Balaban J connectivity index is 2.28. The van der Waals surface area contributed by atoms with E-state index in [4.69, 9.17) is 1.37 Å². The Morgan fingerprint density at radius 1 is 1.75 bits per heavy atom. The van der Waals surface area contributed by atoms with E-state index in [0.29, 0.717) is 12.2 Å². The molecule has 8 heavy (non-hydrogen) atoms. The van der Waals surface area contributed by atoms with Crippen LogP contribution < -0.4 is 0 Å². The molecule has 0 N–H and O–H groups in total. The highest BCUT2D eigenvalue weighted by Gasteiger charge is 2.22. The van der Waals surface area contributed by atoms with Gasteiger partial charge < -0.3 is 0 Å². The number of aromatic nitrogens is 2. The lowest BCUT2D eigenvalue weighted by Crippen LogP contribution is -1.91. The maximum atomic E-state index is 7.10. The van der Waals surface area contributed by atoms with Crippen LogP contribution in [-0.2, 0) is 0 Å². The van der Waals surface area contributed by atoms with E-state index in [2.05, 4.69) is 5.10 Å². The van der Waals surface area contributed by atoms with Crippen LogP contribution in [0.1, 0.15) is 20.3 Å². The van der Waals surface area contributed by atoms with Gasteiger partial charge in [-0.15, -0.1) is 0 Å². The topological polar surface area (TPSA) is 17.8 Å². The van der Waals surface area contributed by atoms with Crippen LogP contribution in [0.5, 0.6) is 0 Å². The largest absolute Gasteiger partial charge is 0.270 e. The van der Waals surface area contributed by atoms with E-state index in [1.165, 1.54) is 12.8 Å². The molecular weight excluding hydrogens is 100 g/mol. The lowest BCUT2D eigenvalue weighted by atomic mass is 10.7. The average Bonchev–Trinajstić information content (AvgIpc) is 2.58. The van der Waals surface area contributed by atoms with Gasteiger partial charge in [0.05, 0.1) is 7.41 Å². The van der Waals surface area contributed by atoms with Crippen molar-refractivity contribution in [1.29, 1.82) is 0 Å². The van der Waals surface area contributed by atoms with Crippen LogP contribution in [0, 0.1) is 0 Å². The Bertz CT molecular complexity index is 215. The lowest BCUT2D eigenvalue weighted by molar-refractivity contribution is 0.641. The Hall–Kier alpha value is -0.790. The molecule has 0 bridgehead atoms. The summed E-state index contributed by atoms with van der Waals surface area (Å²) in [6.45, 7) is 0. The van der Waals surface area contributed by atoms with Crippen LogP contribution in [-0.4, -0.2) is 9.78 Å². The van der Waals surface area contributed by atoms with Gasteiger partial charge in [-0.25, -0.2) is 0 Å². The monoisotopic (exact) mass is 109 g/mol. The third-order valence-electron chi connectivity index (χ3n) is 1.40. The molecule has 1 aliphatic rings. The summed E-state index contributed by atoms with van der Waals surface area (Å²) in [4.78, 5) is 0. The van der Waals surface area contributed by atoms with E-state index < -0.39 is 0 Å². The van der Waals surface area contributed by atoms with Gasteiger partial charge >= 0.3 is 0 Å². The molecule has 1 aromatic rings. The first-order chi connectivity index (χ1) is 4.36. The zero-order valence-corrected chi connectivity index (χ0v) is 4.54. The number of hydrogen-bond acceptors (Lipinski definition) is 1. The van der Waals surface area contributed by atoms with E-state index in [-0.39, 0.29) is 0 Å². The molecule has 1 saturated carbocycles. The minimum Gasteiger partial charge on any atom is -0.270 e. The first-order valence-corrected chi connectivity index (χ1v) is 2.88. The lowest BCUT2D eigenvalue weighted by Gasteiger charge is -1.91. The molecule has 0 unspecified atom stereocenters. The van der Waals surface area contributed by atoms with Crippen molar-refractivity contribution >= 4 is 0 Å². The fourth-order valence-corrected chi connectivity index (χ4v) is 0.785. The van der Waals surface area contributed by atoms with Gasteiger partial charge in [-0.2, -0.15) is 5.10 Å². The first-order valence-electron chi connectivity index (χ1n) is 3.38. The maximum absolute atomic E-state index is 7.10. The van der Waals surface area contributed by atoms with Crippen molar-refractivity contribution in [1.82, 2.24) is 9.78 Å². The number of rotatable bonds is 1. The molecule has 2 nitrogen and oxygen atoms in total. The molecule has 2 heteroatoms. The molecule has 1 aliphatic carbocycles. The summed E-state index contributed by atoms with van der Waals surface area (Å²) in [5.41, 5.74) is 0. The van der Waals surface area contributed by atoms with Crippen molar-refractivity contribution in [3.8, 4) is 0 Å². The van der Waals surface area contributed by atoms with Gasteiger partial charge in [-0.3, -0.25) is 4.68 Å². The molecule has 0 radical (unpaired) electrons. The number of hydrogen-bond donors (Lipinski definition) is 0. The molecule has 0 atom stereocenters. The van der Waals surface area contributed by atoms with E-state index in [1.807, 2.05) is 10.9 Å². The highest BCUT2D eigenvalue weighted by Crippen LogP contribution is 2.33. The minimum atomic E-state index is 0.377. The molecule has 0 saturated heterocycles. The predicted octanol–water partition coefficient (Wildman–Crippen LogP) is 1.22. The first kappa shape index (κ1) is 3.28. The zero-order chi connectivity index (χ0) is 6.27. The summed E-state index contributed by atoms with van der Waals surface area (Å²) in [5, 5.41) is 3.96. The van der Waals surface area contributed by atoms with Crippen LogP contribution >= 0.6 is 0 Å². The van der Waals surface area contributed by atoms with Gasteiger partial charge in [0.15, 0.2) is 0 Å². The van der Waals surface area contributed by atoms with Gasteiger partial charge in [-0.1, -0.05) is 0 Å². The Morgan fingerprint density at radius 2 is 2.62 bits per heavy atom. The second-order valence-corrected chi connectivity index (χ2v) is 2.16. The van der Waals surface area contributed by atoms with Crippen molar-refractivity contribution in [3.63, 3.8) is 0 Å². The SMILES string of the molecule is [2H]c1ccn(C2CC2)n1. The van der Waals surface area contributed by atoms with Crippen molar-refractivity contribution in [2.24, 2.45) is 0 Å². The molecule has 0 aliphatic heterocycles. The van der Waals surface area contributed by atoms with E-state index in [1.54, 1.807) is 6.07 Å². The summed E-state index contributed by atoms with van der Waals surface area (Å²) < 4.78 is 8.98. The second-order valence-electron chi connectivity index (χ2n) is 2.16. The molecule has 0 spiro atoms. The van der Waals surface area contributed by atoms with Crippen LogP contribution in [0.3, 0.4) is 0 Å². The maximum Gasteiger partial charge on any atom is 0.0860 e. The van der Waals surface area contributed by atoms with Gasteiger partial charge in [0.25, 0.3) is 0 Å². The predicted molar refractivity (Wildman–Crippen MR) is 30.5 cm³/mol. The van der Waals surface area contributed by atoms with Crippen LogP contribution in [0.4, 0.5) is 0 Å². The van der Waals surface area contributed by atoms with Gasteiger partial charge in [-0.05, 0) is 18.9 Å². The molecule has 1 aromatic heterocycles. The van der Waals surface area contributed by atoms with Gasteiger partial charge in [0.1, 0.15) is 0 Å². The zero-order valence-electron chi connectivity index (χ0n) is 5.54. The quantitative estimate of drug-likeness (QED) is 0.530. The van der Waals surface area contributed by atoms with Crippen LogP contribution in [0.15, 0.2) is 18.4 Å². The van der Waals surface area contributed by atoms with Gasteiger partial charge in [0.2, 0.25) is 0 Å². The molecule has 0 amide bonds. The van der Waals surface area contributed by atoms with Crippen molar-refractivity contribution in [2.75, 3.05) is 0 Å². The van der Waals surface area contributed by atoms with E-state index >= 15 is 0 Å². The highest BCUT2D eigenvalue weighted by atomic mass is 15.3. The summed E-state index contributed by atoms with van der Waals surface area (Å²) in [7, 11) is 0. The van der Waals surface area contributed by atoms with E-state index in [0.717, 1.165) is 0 Å². The molecular formula is C6H8N2. The van der Waals surface area contributed by atoms with E-state index in [9.17, 15) is 0 Å². The fourth-order valence-electron chi connectivity index (χ4n) is 0.785. The van der Waals surface area contributed by atoms with Crippen molar-refractivity contribution in [3.05, 3.63) is 18.4 Å². The highest BCUT2D eigenvalue weighted by molar-refractivity contribution is 4.87. The smallest absolute Gasteiger partial charge is 0.0860 e. The average molecular weight is 109 g/mol. The van der Waals surface area contributed by atoms with Crippen LogP contribution in [0.2, 0.25) is 0 Å².